The summed E-state index contributed by atoms with van der Waals surface area (Å²) in [5, 5.41) is 0. The van der Waals surface area contributed by atoms with E-state index in [1.54, 1.807) is 24.3 Å². The second-order valence-corrected chi connectivity index (χ2v) is 7.19. The summed E-state index contributed by atoms with van der Waals surface area (Å²) in [6.45, 7) is -0.504. The van der Waals surface area contributed by atoms with Crippen LogP contribution in [0.3, 0.4) is 0 Å². The third kappa shape index (κ3) is 5.14. The Labute approximate surface area is 180 Å². The standard InChI is InChI=1S/C26H23FN2O2/c27-17-26(18-1-9-22(10-2-18)30-24-13-5-20(28)6-14-24)19-3-11-23(12-4-19)31-25-15-7-21(29)8-16-25/h1-16,26H,17,28-29H2. The third-order valence-electron chi connectivity index (χ3n) is 4.95. The van der Waals surface area contributed by atoms with E-state index in [9.17, 15) is 4.39 Å². The van der Waals surface area contributed by atoms with Crippen LogP contribution in [-0.4, -0.2) is 6.67 Å². The van der Waals surface area contributed by atoms with E-state index in [0.717, 1.165) is 11.1 Å². The Morgan fingerprint density at radius 3 is 1.10 bits per heavy atom. The minimum Gasteiger partial charge on any atom is -0.457 e. The molecule has 0 atom stereocenters. The van der Waals surface area contributed by atoms with Gasteiger partial charge in [0.1, 0.15) is 29.7 Å². The van der Waals surface area contributed by atoms with Crippen molar-refractivity contribution < 1.29 is 13.9 Å². The first-order valence-corrected chi connectivity index (χ1v) is 9.93. The Hall–Kier alpha value is -3.99. The average molecular weight is 414 g/mol. The SMILES string of the molecule is Nc1ccc(Oc2ccc(C(CF)c3ccc(Oc4ccc(N)cc4)cc3)cc2)cc1. The lowest BCUT2D eigenvalue weighted by atomic mass is 9.92. The first-order valence-electron chi connectivity index (χ1n) is 9.93. The summed E-state index contributed by atoms with van der Waals surface area (Å²) in [7, 11) is 0. The van der Waals surface area contributed by atoms with Crippen molar-refractivity contribution in [1.82, 2.24) is 0 Å². The molecule has 0 aliphatic rings. The molecule has 0 aromatic heterocycles. The van der Waals surface area contributed by atoms with Gasteiger partial charge in [-0.25, -0.2) is 0 Å². The van der Waals surface area contributed by atoms with E-state index >= 15 is 0 Å². The number of alkyl halides is 1. The summed E-state index contributed by atoms with van der Waals surface area (Å²) >= 11 is 0. The summed E-state index contributed by atoms with van der Waals surface area (Å²) < 4.78 is 25.5. The van der Waals surface area contributed by atoms with Crippen molar-refractivity contribution in [3.05, 3.63) is 108 Å². The Balaban J connectivity index is 1.45. The average Bonchev–Trinajstić information content (AvgIpc) is 2.80. The van der Waals surface area contributed by atoms with E-state index in [2.05, 4.69) is 0 Å². The Bertz CT molecular complexity index is 1020. The van der Waals surface area contributed by atoms with Crippen LogP contribution < -0.4 is 20.9 Å². The van der Waals surface area contributed by atoms with Crippen molar-refractivity contribution in [2.45, 2.75) is 5.92 Å². The number of hydrogen-bond acceptors (Lipinski definition) is 4. The van der Waals surface area contributed by atoms with Gasteiger partial charge in [-0.1, -0.05) is 24.3 Å². The highest BCUT2D eigenvalue weighted by molar-refractivity contribution is 5.45. The van der Waals surface area contributed by atoms with Gasteiger partial charge in [-0.3, -0.25) is 4.39 Å². The van der Waals surface area contributed by atoms with Crippen LogP contribution in [0.2, 0.25) is 0 Å². The highest BCUT2D eigenvalue weighted by atomic mass is 19.1. The fraction of sp³-hybridized carbons (Fsp3) is 0.0769. The molecule has 0 saturated heterocycles. The lowest BCUT2D eigenvalue weighted by Crippen LogP contribution is -2.03. The summed E-state index contributed by atoms with van der Waals surface area (Å²) in [6, 6.07) is 29.3. The Morgan fingerprint density at radius 2 is 0.806 bits per heavy atom. The van der Waals surface area contributed by atoms with Crippen LogP contribution in [0.15, 0.2) is 97.1 Å². The molecule has 31 heavy (non-hydrogen) atoms. The van der Waals surface area contributed by atoms with Gasteiger partial charge in [0, 0.05) is 17.3 Å². The van der Waals surface area contributed by atoms with Gasteiger partial charge < -0.3 is 20.9 Å². The first-order chi connectivity index (χ1) is 15.1. The lowest BCUT2D eigenvalue weighted by molar-refractivity contribution is 0.457. The molecule has 0 saturated carbocycles. The highest BCUT2D eigenvalue weighted by Gasteiger charge is 2.14. The predicted molar refractivity (Wildman–Crippen MR) is 123 cm³/mol. The zero-order valence-electron chi connectivity index (χ0n) is 16.9. The van der Waals surface area contributed by atoms with Crippen LogP contribution in [0.1, 0.15) is 17.0 Å². The summed E-state index contributed by atoms with van der Waals surface area (Å²) in [6.07, 6.45) is 0. The molecular formula is C26H23FN2O2. The van der Waals surface area contributed by atoms with E-state index in [1.165, 1.54) is 0 Å². The van der Waals surface area contributed by atoms with Gasteiger partial charge in [0.2, 0.25) is 0 Å². The lowest BCUT2D eigenvalue weighted by Gasteiger charge is -2.16. The number of nitrogens with two attached hydrogens (primary N) is 2. The van der Waals surface area contributed by atoms with Crippen molar-refractivity contribution in [3.63, 3.8) is 0 Å². The van der Waals surface area contributed by atoms with Gasteiger partial charge in [-0.2, -0.15) is 0 Å². The number of anilines is 2. The summed E-state index contributed by atoms with van der Waals surface area (Å²) in [5.74, 6) is 2.38. The summed E-state index contributed by atoms with van der Waals surface area (Å²) in [5.41, 5.74) is 14.5. The molecule has 0 bridgehead atoms. The Kier molecular flexibility index (Phi) is 6.03. The quantitative estimate of drug-likeness (QED) is 0.337. The fourth-order valence-electron chi connectivity index (χ4n) is 3.25. The largest absolute Gasteiger partial charge is 0.457 e. The van der Waals surface area contributed by atoms with Gasteiger partial charge in [-0.05, 0) is 83.9 Å². The van der Waals surface area contributed by atoms with Gasteiger partial charge in [-0.15, -0.1) is 0 Å². The zero-order valence-corrected chi connectivity index (χ0v) is 16.9. The van der Waals surface area contributed by atoms with Crippen LogP contribution in [0.5, 0.6) is 23.0 Å². The molecule has 4 aromatic carbocycles. The van der Waals surface area contributed by atoms with Gasteiger partial charge in [0.25, 0.3) is 0 Å². The van der Waals surface area contributed by atoms with Gasteiger partial charge in [0.15, 0.2) is 0 Å². The molecule has 0 aliphatic carbocycles. The maximum Gasteiger partial charge on any atom is 0.127 e. The minimum atomic E-state index is -0.504. The molecule has 0 fully saturated rings. The molecule has 0 spiro atoms. The first kappa shape index (κ1) is 20.3. The molecule has 0 aliphatic heterocycles. The maximum absolute atomic E-state index is 13.9. The van der Waals surface area contributed by atoms with Crippen molar-refractivity contribution in [3.8, 4) is 23.0 Å². The predicted octanol–water partition coefficient (Wildman–Crippen LogP) is 6.54. The molecule has 4 aromatic rings. The van der Waals surface area contributed by atoms with Crippen molar-refractivity contribution in [2.75, 3.05) is 18.1 Å². The van der Waals surface area contributed by atoms with Crippen molar-refractivity contribution in [2.24, 2.45) is 0 Å². The number of nitrogen functional groups attached to an aromatic ring is 2. The molecule has 156 valence electrons. The number of rotatable bonds is 7. The minimum absolute atomic E-state index is 0.365. The molecule has 4 nitrogen and oxygen atoms in total. The molecule has 0 heterocycles. The van der Waals surface area contributed by atoms with Gasteiger partial charge >= 0.3 is 0 Å². The van der Waals surface area contributed by atoms with E-state index in [4.69, 9.17) is 20.9 Å². The van der Waals surface area contributed by atoms with Crippen LogP contribution in [0.4, 0.5) is 15.8 Å². The normalized spacial score (nSPS) is 10.8. The van der Waals surface area contributed by atoms with Crippen LogP contribution in [0.25, 0.3) is 0 Å². The maximum atomic E-state index is 13.9. The molecule has 0 unspecified atom stereocenters. The van der Waals surface area contributed by atoms with Gasteiger partial charge in [0.05, 0.1) is 0 Å². The molecular weight excluding hydrogens is 391 g/mol. The van der Waals surface area contributed by atoms with Crippen molar-refractivity contribution >= 4 is 11.4 Å². The topological polar surface area (TPSA) is 70.5 Å². The molecule has 0 amide bonds. The summed E-state index contributed by atoms with van der Waals surface area (Å²) in [4.78, 5) is 0. The van der Waals surface area contributed by atoms with Crippen LogP contribution in [-0.2, 0) is 0 Å². The smallest absolute Gasteiger partial charge is 0.127 e. The van der Waals surface area contributed by atoms with E-state index < -0.39 is 6.67 Å². The third-order valence-corrected chi connectivity index (χ3v) is 4.95. The van der Waals surface area contributed by atoms with Crippen LogP contribution >= 0.6 is 0 Å². The fourth-order valence-corrected chi connectivity index (χ4v) is 3.25. The second kappa shape index (κ2) is 9.22. The Morgan fingerprint density at radius 1 is 0.516 bits per heavy atom. The molecule has 4 rings (SSSR count). The number of ether oxygens (including phenoxy) is 2. The highest BCUT2D eigenvalue weighted by Crippen LogP contribution is 2.31. The van der Waals surface area contributed by atoms with E-state index in [1.807, 2.05) is 72.8 Å². The second-order valence-electron chi connectivity index (χ2n) is 7.19. The molecule has 0 radical (unpaired) electrons. The van der Waals surface area contributed by atoms with Crippen molar-refractivity contribution in [1.29, 1.82) is 0 Å². The number of halogens is 1. The molecule has 4 N–H and O–H groups in total. The molecule has 5 heteroatoms. The number of hydrogen-bond donors (Lipinski definition) is 2. The monoisotopic (exact) mass is 414 g/mol. The van der Waals surface area contributed by atoms with E-state index in [0.29, 0.717) is 34.4 Å². The van der Waals surface area contributed by atoms with E-state index in [-0.39, 0.29) is 5.92 Å². The zero-order chi connectivity index (χ0) is 21.6. The number of benzene rings is 4. The van der Waals surface area contributed by atoms with Crippen LogP contribution in [0, 0.1) is 0 Å².